The zero-order valence-corrected chi connectivity index (χ0v) is 11.9. The summed E-state index contributed by atoms with van der Waals surface area (Å²) in [5.41, 5.74) is 2.53. The number of carbonyl (C=O) groups excluding carboxylic acids is 1. The fourth-order valence-corrected chi connectivity index (χ4v) is 1.24. The average molecular weight is 264 g/mol. The second-order valence-corrected chi connectivity index (χ2v) is 3.56. The van der Waals surface area contributed by atoms with Crippen LogP contribution in [0.25, 0.3) is 0 Å². The first-order chi connectivity index (χ1) is 8.60. The number of ether oxygens (including phenoxy) is 1. The van der Waals surface area contributed by atoms with Crippen LogP contribution in [0.4, 0.5) is 0 Å². The van der Waals surface area contributed by atoms with Crippen LogP contribution in [0.15, 0.2) is 0 Å². The molecular formula is C11H28N4O3. The molecule has 0 unspecified atom stereocenters. The van der Waals surface area contributed by atoms with Gasteiger partial charge in [0.15, 0.2) is 0 Å². The Hall–Kier alpha value is -0.730. The molecule has 0 saturated heterocycles. The van der Waals surface area contributed by atoms with E-state index >= 15 is 0 Å². The van der Waals surface area contributed by atoms with Crippen LogP contribution in [0.2, 0.25) is 0 Å². The van der Waals surface area contributed by atoms with Crippen molar-refractivity contribution in [3.8, 4) is 0 Å². The molecule has 0 fully saturated rings. The summed E-state index contributed by atoms with van der Waals surface area (Å²) in [6, 6.07) is 0. The standard InChI is InChI=1S/C7H15NO3.C4H13N3/c1-3-6(4-2)7(9)10-5-11-8;1-3-7(4-2)6-5/h6H,3-5,8H2,1-2H3;6H,3-5H2,1-2H3. The number of nitrogens with zero attached hydrogens (tertiary/aromatic N) is 1. The van der Waals surface area contributed by atoms with Crippen LogP contribution in [0.1, 0.15) is 40.5 Å². The number of nitrogens with one attached hydrogen (secondary N) is 1. The average Bonchev–Trinajstić information content (AvgIpc) is 2.40. The first-order valence-corrected chi connectivity index (χ1v) is 6.30. The Labute approximate surface area is 110 Å². The van der Waals surface area contributed by atoms with Crippen LogP contribution in [0, 0.1) is 5.92 Å². The number of nitrogens with two attached hydrogens (primary N) is 2. The van der Waals surface area contributed by atoms with Gasteiger partial charge in [-0.1, -0.05) is 27.7 Å². The smallest absolute Gasteiger partial charge is 0.311 e. The molecule has 0 aliphatic heterocycles. The highest BCUT2D eigenvalue weighted by molar-refractivity contribution is 5.72. The van der Waals surface area contributed by atoms with Crippen molar-refractivity contribution in [1.82, 2.24) is 10.5 Å². The van der Waals surface area contributed by atoms with Gasteiger partial charge in [0, 0.05) is 13.1 Å². The fourth-order valence-electron chi connectivity index (χ4n) is 1.24. The Kier molecular flexibility index (Phi) is 15.6. The molecule has 5 N–H and O–H groups in total. The normalized spacial score (nSPS) is 10.2. The van der Waals surface area contributed by atoms with Gasteiger partial charge in [-0.3, -0.25) is 15.5 Å². The Morgan fingerprint density at radius 1 is 1.22 bits per heavy atom. The third-order valence-electron chi connectivity index (χ3n) is 2.53. The molecule has 0 aromatic heterocycles. The summed E-state index contributed by atoms with van der Waals surface area (Å²) >= 11 is 0. The molecule has 18 heavy (non-hydrogen) atoms. The molecule has 0 aliphatic carbocycles. The van der Waals surface area contributed by atoms with E-state index in [1.165, 1.54) is 0 Å². The highest BCUT2D eigenvalue weighted by atomic mass is 16.7. The maximum atomic E-state index is 11.0. The summed E-state index contributed by atoms with van der Waals surface area (Å²) in [7, 11) is 0. The third-order valence-corrected chi connectivity index (χ3v) is 2.53. The van der Waals surface area contributed by atoms with Gasteiger partial charge < -0.3 is 4.74 Å². The van der Waals surface area contributed by atoms with Crippen LogP contribution in [-0.4, -0.2) is 30.9 Å². The number of hydrazine groups is 2. The number of esters is 1. The van der Waals surface area contributed by atoms with Gasteiger partial charge in [0.05, 0.1) is 5.92 Å². The summed E-state index contributed by atoms with van der Waals surface area (Å²) in [5, 5.41) is 1.90. The van der Waals surface area contributed by atoms with Crippen LogP contribution in [0.3, 0.4) is 0 Å². The van der Waals surface area contributed by atoms with Crippen LogP contribution < -0.4 is 17.3 Å². The third kappa shape index (κ3) is 10.4. The number of hydrogen-bond donors (Lipinski definition) is 3. The molecule has 0 atom stereocenters. The van der Waals surface area contributed by atoms with E-state index in [0.717, 1.165) is 25.9 Å². The van der Waals surface area contributed by atoms with Gasteiger partial charge in [0.2, 0.25) is 6.79 Å². The molecule has 7 heteroatoms. The molecule has 0 aliphatic rings. The van der Waals surface area contributed by atoms with Crippen molar-refractivity contribution in [2.24, 2.45) is 17.7 Å². The van der Waals surface area contributed by atoms with E-state index < -0.39 is 0 Å². The number of carbonyl (C=O) groups is 1. The van der Waals surface area contributed by atoms with Crippen molar-refractivity contribution in [1.29, 1.82) is 0 Å². The quantitative estimate of drug-likeness (QED) is 0.254. The molecule has 0 heterocycles. The Balaban J connectivity index is 0. The number of hydrogen-bond acceptors (Lipinski definition) is 7. The molecule has 110 valence electrons. The van der Waals surface area contributed by atoms with Gasteiger partial charge in [0.25, 0.3) is 0 Å². The van der Waals surface area contributed by atoms with E-state index in [9.17, 15) is 4.79 Å². The van der Waals surface area contributed by atoms with E-state index in [2.05, 4.69) is 21.0 Å². The highest BCUT2D eigenvalue weighted by Crippen LogP contribution is 2.08. The summed E-state index contributed by atoms with van der Waals surface area (Å²) in [5.74, 6) is 9.49. The molecule has 7 nitrogen and oxygen atoms in total. The molecule has 0 aromatic rings. The topological polar surface area (TPSA) is 103 Å². The highest BCUT2D eigenvalue weighted by Gasteiger charge is 2.14. The van der Waals surface area contributed by atoms with Crippen molar-refractivity contribution in [3.63, 3.8) is 0 Å². The van der Waals surface area contributed by atoms with E-state index in [-0.39, 0.29) is 18.7 Å². The van der Waals surface area contributed by atoms with E-state index in [1.54, 1.807) is 0 Å². The van der Waals surface area contributed by atoms with Crippen LogP contribution in [0.5, 0.6) is 0 Å². The SMILES string of the molecule is CCC(CC)C(=O)OCON.CCN(CC)NN. The zero-order chi connectivity index (χ0) is 14.4. The molecule has 0 rings (SSSR count). The molecule has 0 spiro atoms. The minimum Gasteiger partial charge on any atom is -0.437 e. The molecule has 0 radical (unpaired) electrons. The van der Waals surface area contributed by atoms with Crippen LogP contribution in [-0.2, 0) is 14.4 Å². The lowest BCUT2D eigenvalue weighted by atomic mass is 10.0. The lowest BCUT2D eigenvalue weighted by molar-refractivity contribution is -0.161. The van der Waals surface area contributed by atoms with Crippen molar-refractivity contribution >= 4 is 5.97 Å². The summed E-state index contributed by atoms with van der Waals surface area (Å²) in [4.78, 5) is 15.1. The Bertz CT molecular complexity index is 180. The second kappa shape index (κ2) is 14.3. The van der Waals surface area contributed by atoms with Gasteiger partial charge >= 0.3 is 5.97 Å². The summed E-state index contributed by atoms with van der Waals surface area (Å²) in [6.07, 6.45) is 1.58. The zero-order valence-electron chi connectivity index (χ0n) is 11.9. The molecule has 0 aromatic carbocycles. The largest absolute Gasteiger partial charge is 0.437 e. The van der Waals surface area contributed by atoms with E-state index in [0.29, 0.717) is 0 Å². The first kappa shape index (κ1) is 19.6. The Morgan fingerprint density at radius 3 is 1.94 bits per heavy atom. The van der Waals surface area contributed by atoms with Gasteiger partial charge in [-0.25, -0.2) is 10.9 Å². The van der Waals surface area contributed by atoms with Gasteiger partial charge in [0.1, 0.15) is 0 Å². The lowest BCUT2D eigenvalue weighted by Gasteiger charge is -2.14. The second-order valence-electron chi connectivity index (χ2n) is 3.56. The lowest BCUT2D eigenvalue weighted by Crippen LogP contribution is -2.42. The van der Waals surface area contributed by atoms with Crippen molar-refractivity contribution in [3.05, 3.63) is 0 Å². The predicted octanol–water partition coefficient (Wildman–Crippen LogP) is 0.520. The monoisotopic (exact) mass is 264 g/mol. The maximum Gasteiger partial charge on any atom is 0.311 e. The van der Waals surface area contributed by atoms with Crippen molar-refractivity contribution in [2.75, 3.05) is 19.9 Å². The van der Waals surface area contributed by atoms with E-state index in [1.807, 2.05) is 32.7 Å². The first-order valence-electron chi connectivity index (χ1n) is 6.30. The molecule has 0 saturated carbocycles. The Morgan fingerprint density at radius 2 is 1.72 bits per heavy atom. The minimum absolute atomic E-state index is 0.0230. The van der Waals surface area contributed by atoms with Crippen molar-refractivity contribution < 1.29 is 14.4 Å². The van der Waals surface area contributed by atoms with Crippen molar-refractivity contribution in [2.45, 2.75) is 40.5 Å². The van der Waals surface area contributed by atoms with Gasteiger partial charge in [-0.15, -0.1) is 0 Å². The van der Waals surface area contributed by atoms with E-state index in [4.69, 9.17) is 5.84 Å². The summed E-state index contributed by atoms with van der Waals surface area (Å²) in [6.45, 7) is 9.72. The summed E-state index contributed by atoms with van der Waals surface area (Å²) < 4.78 is 4.65. The molecule has 0 bridgehead atoms. The molecular weight excluding hydrogens is 236 g/mol. The molecule has 0 amide bonds. The van der Waals surface area contributed by atoms with Crippen LogP contribution >= 0.6 is 0 Å². The minimum atomic E-state index is -0.236. The fraction of sp³-hybridized carbons (Fsp3) is 0.909. The number of rotatable bonds is 8. The predicted molar refractivity (Wildman–Crippen MR) is 70.5 cm³/mol. The van der Waals surface area contributed by atoms with Gasteiger partial charge in [-0.05, 0) is 12.8 Å². The maximum absolute atomic E-state index is 11.0. The van der Waals surface area contributed by atoms with Gasteiger partial charge in [-0.2, -0.15) is 5.53 Å².